The lowest BCUT2D eigenvalue weighted by Gasteiger charge is -2.32. The van der Waals surface area contributed by atoms with Gasteiger partial charge in [0, 0.05) is 19.3 Å². The van der Waals surface area contributed by atoms with Crippen molar-refractivity contribution in [2.45, 2.75) is 65.3 Å². The summed E-state index contributed by atoms with van der Waals surface area (Å²) in [6.45, 7) is 10.5. The first kappa shape index (κ1) is 15.6. The smallest absolute Gasteiger partial charge is 0.0543 e. The van der Waals surface area contributed by atoms with E-state index < -0.39 is 0 Å². The van der Waals surface area contributed by atoms with Crippen LogP contribution in [-0.4, -0.2) is 34.3 Å². The highest BCUT2D eigenvalue weighted by Crippen LogP contribution is 2.22. The van der Waals surface area contributed by atoms with E-state index in [1.165, 1.54) is 63.7 Å². The van der Waals surface area contributed by atoms with Gasteiger partial charge >= 0.3 is 0 Å². The van der Waals surface area contributed by atoms with Gasteiger partial charge < -0.3 is 4.90 Å². The first-order chi connectivity index (χ1) is 9.65. The van der Waals surface area contributed by atoms with Gasteiger partial charge in [0.2, 0.25) is 0 Å². The van der Waals surface area contributed by atoms with Crippen LogP contribution < -0.4 is 0 Å². The van der Waals surface area contributed by atoms with Crippen LogP contribution in [0, 0.1) is 12.8 Å². The van der Waals surface area contributed by atoms with Crippen LogP contribution in [0.3, 0.4) is 0 Å². The molecular formula is C17H31N3. The number of nitrogens with zero attached hydrogens (tertiary/aromatic N) is 3. The molecule has 1 aliphatic rings. The van der Waals surface area contributed by atoms with E-state index in [2.05, 4.69) is 41.6 Å². The van der Waals surface area contributed by atoms with Gasteiger partial charge in [0.1, 0.15) is 0 Å². The fourth-order valence-corrected chi connectivity index (χ4v) is 3.10. The van der Waals surface area contributed by atoms with Crippen LogP contribution in [-0.2, 0) is 0 Å². The van der Waals surface area contributed by atoms with Gasteiger partial charge in [-0.05, 0) is 44.2 Å². The van der Waals surface area contributed by atoms with Crippen molar-refractivity contribution in [3.05, 3.63) is 18.0 Å². The largest absolute Gasteiger partial charge is 0.303 e. The molecular weight excluding hydrogens is 246 g/mol. The Bertz CT molecular complexity index is 375. The van der Waals surface area contributed by atoms with Gasteiger partial charge in [-0.1, -0.05) is 33.1 Å². The number of hydrogen-bond acceptors (Lipinski definition) is 2. The lowest BCUT2D eigenvalue weighted by Crippen LogP contribution is -2.35. The minimum atomic E-state index is 0.626. The monoisotopic (exact) mass is 277 g/mol. The second-order valence-electron chi connectivity index (χ2n) is 6.81. The first-order valence-electron chi connectivity index (χ1n) is 8.38. The molecule has 0 N–H and O–H groups in total. The van der Waals surface area contributed by atoms with Crippen LogP contribution in [0.25, 0.3) is 0 Å². The number of rotatable bonds is 7. The molecule has 1 fully saturated rings. The molecule has 1 aromatic rings. The molecule has 0 aliphatic carbocycles. The average molecular weight is 277 g/mol. The molecule has 0 bridgehead atoms. The maximum atomic E-state index is 4.47. The zero-order valence-electron chi connectivity index (χ0n) is 13.5. The number of hydrogen-bond donors (Lipinski definition) is 0. The molecule has 0 saturated carbocycles. The summed E-state index contributed by atoms with van der Waals surface area (Å²) in [5.41, 5.74) is 1.28. The van der Waals surface area contributed by atoms with Crippen LogP contribution in [0.5, 0.6) is 0 Å². The molecule has 114 valence electrons. The molecule has 1 aromatic heterocycles. The number of aryl methyl sites for hydroxylation is 1. The third-order valence-electron chi connectivity index (χ3n) is 4.42. The summed E-state index contributed by atoms with van der Waals surface area (Å²) < 4.78 is 2.18. The number of unbranched alkanes of at least 4 members (excludes halogenated alkanes) is 2. The maximum Gasteiger partial charge on any atom is 0.0543 e. The Morgan fingerprint density at radius 2 is 1.95 bits per heavy atom. The van der Waals surface area contributed by atoms with Gasteiger partial charge in [0.05, 0.1) is 12.2 Å². The Hall–Kier alpha value is -0.830. The molecule has 0 aromatic carbocycles. The molecule has 3 heteroatoms. The number of piperidine rings is 1. The number of aromatic nitrogens is 2. The van der Waals surface area contributed by atoms with Crippen molar-refractivity contribution < 1.29 is 0 Å². The first-order valence-corrected chi connectivity index (χ1v) is 8.38. The highest BCUT2D eigenvalue weighted by Gasteiger charge is 2.20. The van der Waals surface area contributed by atoms with E-state index in [1.807, 2.05) is 6.20 Å². The second-order valence-corrected chi connectivity index (χ2v) is 6.81. The molecule has 2 heterocycles. The van der Waals surface area contributed by atoms with Crippen molar-refractivity contribution in [1.29, 1.82) is 0 Å². The van der Waals surface area contributed by atoms with Crippen LogP contribution in [0.4, 0.5) is 0 Å². The van der Waals surface area contributed by atoms with Gasteiger partial charge in [-0.25, -0.2) is 0 Å². The lowest BCUT2D eigenvalue weighted by molar-refractivity contribution is 0.177. The van der Waals surface area contributed by atoms with Gasteiger partial charge in [0.15, 0.2) is 0 Å². The van der Waals surface area contributed by atoms with Crippen LogP contribution in [0.1, 0.15) is 64.0 Å². The topological polar surface area (TPSA) is 21.1 Å². The zero-order chi connectivity index (χ0) is 14.4. The molecule has 1 aliphatic heterocycles. The maximum absolute atomic E-state index is 4.47. The normalized spacial score (nSPS) is 18.0. The lowest BCUT2D eigenvalue weighted by atomic mass is 10.0. The van der Waals surface area contributed by atoms with Crippen molar-refractivity contribution in [1.82, 2.24) is 14.7 Å². The van der Waals surface area contributed by atoms with Crippen molar-refractivity contribution in [3.63, 3.8) is 0 Å². The van der Waals surface area contributed by atoms with E-state index in [4.69, 9.17) is 0 Å². The zero-order valence-corrected chi connectivity index (χ0v) is 13.5. The Morgan fingerprint density at radius 1 is 1.20 bits per heavy atom. The third-order valence-corrected chi connectivity index (χ3v) is 4.42. The second kappa shape index (κ2) is 7.82. The Balaban J connectivity index is 1.60. The summed E-state index contributed by atoms with van der Waals surface area (Å²) in [5.74, 6) is 0.864. The van der Waals surface area contributed by atoms with Crippen molar-refractivity contribution >= 4 is 0 Å². The van der Waals surface area contributed by atoms with Crippen LogP contribution >= 0.6 is 0 Å². The van der Waals surface area contributed by atoms with Crippen molar-refractivity contribution in [2.75, 3.05) is 19.6 Å². The van der Waals surface area contributed by atoms with Gasteiger partial charge in [-0.3, -0.25) is 4.68 Å². The van der Waals surface area contributed by atoms with Gasteiger partial charge in [0.25, 0.3) is 0 Å². The summed E-state index contributed by atoms with van der Waals surface area (Å²) in [5, 5.41) is 4.47. The summed E-state index contributed by atoms with van der Waals surface area (Å²) in [4.78, 5) is 2.64. The fourth-order valence-electron chi connectivity index (χ4n) is 3.10. The minimum Gasteiger partial charge on any atom is -0.303 e. The fraction of sp³-hybridized carbons (Fsp3) is 0.824. The third kappa shape index (κ3) is 4.93. The van der Waals surface area contributed by atoms with E-state index in [0.29, 0.717) is 6.04 Å². The predicted molar refractivity (Wildman–Crippen MR) is 85.0 cm³/mol. The van der Waals surface area contributed by atoms with Crippen LogP contribution in [0.15, 0.2) is 12.4 Å². The summed E-state index contributed by atoms with van der Waals surface area (Å²) in [6, 6.07) is 0.626. The average Bonchev–Trinajstić information content (AvgIpc) is 2.85. The van der Waals surface area contributed by atoms with E-state index in [0.717, 1.165) is 5.92 Å². The van der Waals surface area contributed by atoms with E-state index in [1.54, 1.807) is 0 Å². The van der Waals surface area contributed by atoms with Crippen molar-refractivity contribution in [3.8, 4) is 0 Å². The minimum absolute atomic E-state index is 0.626. The molecule has 0 atom stereocenters. The highest BCUT2D eigenvalue weighted by molar-refractivity contribution is 5.00. The van der Waals surface area contributed by atoms with E-state index in [9.17, 15) is 0 Å². The Labute approximate surface area is 124 Å². The summed E-state index contributed by atoms with van der Waals surface area (Å²) in [7, 11) is 0. The molecule has 0 unspecified atom stereocenters. The molecule has 0 spiro atoms. The van der Waals surface area contributed by atoms with Gasteiger partial charge in [-0.15, -0.1) is 0 Å². The van der Waals surface area contributed by atoms with E-state index in [-0.39, 0.29) is 0 Å². The predicted octanol–water partition coefficient (Wildman–Crippen LogP) is 4.04. The molecule has 0 amide bonds. The molecule has 20 heavy (non-hydrogen) atoms. The Morgan fingerprint density at radius 3 is 2.55 bits per heavy atom. The highest BCUT2D eigenvalue weighted by atomic mass is 15.3. The standard InChI is InChI=1S/C17H31N3/c1-15(2)7-5-4-6-10-19-11-8-17(9-12-19)20-14-16(3)13-18-20/h13-15,17H,4-12H2,1-3H3. The summed E-state index contributed by atoms with van der Waals surface area (Å²) >= 11 is 0. The molecule has 2 rings (SSSR count). The summed E-state index contributed by atoms with van der Waals surface area (Å²) in [6.07, 6.45) is 12.2. The molecule has 0 radical (unpaired) electrons. The SMILES string of the molecule is Cc1cnn(C2CCN(CCCCCC(C)C)CC2)c1. The van der Waals surface area contributed by atoms with Gasteiger partial charge in [-0.2, -0.15) is 5.10 Å². The van der Waals surface area contributed by atoms with Crippen molar-refractivity contribution in [2.24, 2.45) is 5.92 Å². The van der Waals surface area contributed by atoms with E-state index >= 15 is 0 Å². The number of likely N-dealkylation sites (tertiary alicyclic amines) is 1. The Kier molecular flexibility index (Phi) is 6.08. The van der Waals surface area contributed by atoms with Crippen LogP contribution in [0.2, 0.25) is 0 Å². The molecule has 3 nitrogen and oxygen atoms in total. The quantitative estimate of drug-likeness (QED) is 0.701. The molecule has 1 saturated heterocycles.